The van der Waals surface area contributed by atoms with Crippen LogP contribution in [-0.4, -0.2) is 31.2 Å². The van der Waals surface area contributed by atoms with Crippen LogP contribution in [0.1, 0.15) is 6.92 Å². The van der Waals surface area contributed by atoms with Gasteiger partial charge in [0.05, 0.1) is 12.5 Å². The number of para-hydroxylation sites is 1. The van der Waals surface area contributed by atoms with Crippen LogP contribution in [0.2, 0.25) is 0 Å². The molecule has 0 saturated carbocycles. The van der Waals surface area contributed by atoms with Gasteiger partial charge in [-0.05, 0) is 18.1 Å². The first-order valence-corrected chi connectivity index (χ1v) is 8.61. The molecule has 0 unspecified atom stereocenters. The molecule has 27 heavy (non-hydrogen) atoms. The highest BCUT2D eigenvalue weighted by Gasteiger charge is 2.29. The van der Waals surface area contributed by atoms with Crippen molar-refractivity contribution in [3.8, 4) is 0 Å². The second-order valence-electron chi connectivity index (χ2n) is 6.85. The Morgan fingerprint density at radius 1 is 1.22 bits per heavy atom. The first kappa shape index (κ1) is 17.1. The van der Waals surface area contributed by atoms with Gasteiger partial charge in [0, 0.05) is 25.8 Å². The second-order valence-corrected chi connectivity index (χ2v) is 6.85. The normalized spacial score (nSPS) is 16.5. The Morgan fingerprint density at radius 3 is 2.59 bits per heavy atom. The Morgan fingerprint density at radius 2 is 1.93 bits per heavy atom. The van der Waals surface area contributed by atoms with E-state index >= 15 is 0 Å². The van der Waals surface area contributed by atoms with Gasteiger partial charge in [-0.1, -0.05) is 25.1 Å². The molecular weight excluding hydrogens is 350 g/mol. The van der Waals surface area contributed by atoms with Crippen molar-refractivity contribution in [3.63, 3.8) is 0 Å². The number of imidazole rings is 1. The van der Waals surface area contributed by atoms with Crippen molar-refractivity contribution < 1.29 is 9.90 Å². The minimum Gasteiger partial charge on any atom is -0.548 e. The molecule has 9 heteroatoms. The summed E-state index contributed by atoms with van der Waals surface area (Å²) in [6.07, 6.45) is 0. The van der Waals surface area contributed by atoms with Crippen LogP contribution in [-0.2, 0) is 24.9 Å². The summed E-state index contributed by atoms with van der Waals surface area (Å²) in [6.45, 7) is 2.54. The minimum atomic E-state index is -1.49. The first-order valence-electron chi connectivity index (χ1n) is 8.61. The van der Waals surface area contributed by atoms with Crippen LogP contribution >= 0.6 is 0 Å². The zero-order valence-corrected chi connectivity index (χ0v) is 15.0. The topological polar surface area (TPSA) is 105 Å². The Bertz CT molecular complexity index is 1160. The molecule has 0 N–H and O–H groups in total. The quantitative estimate of drug-likeness (QED) is 0.613. The lowest BCUT2D eigenvalue weighted by atomic mass is 10.1. The van der Waals surface area contributed by atoms with Crippen molar-refractivity contribution in [1.29, 1.82) is 0 Å². The molecule has 140 valence electrons. The number of hydrogen-bond acceptors (Lipinski definition) is 6. The number of aromatic nitrogens is 4. The summed E-state index contributed by atoms with van der Waals surface area (Å²) in [4.78, 5) is 42.9. The summed E-state index contributed by atoms with van der Waals surface area (Å²) in [7, 11) is 1.48. The number of nitrogens with zero attached hydrogens (tertiary/aromatic N) is 5. The number of rotatable bonds is 3. The van der Waals surface area contributed by atoms with E-state index in [2.05, 4.69) is 11.9 Å². The predicted octanol–water partition coefficient (Wildman–Crippen LogP) is -0.566. The van der Waals surface area contributed by atoms with E-state index in [0.717, 1.165) is 5.69 Å². The Kier molecular flexibility index (Phi) is 3.87. The van der Waals surface area contributed by atoms with Crippen LogP contribution in [0.25, 0.3) is 11.2 Å². The van der Waals surface area contributed by atoms with Gasteiger partial charge in [0.15, 0.2) is 11.2 Å². The Balaban J connectivity index is 2.03. The fourth-order valence-electron chi connectivity index (χ4n) is 3.60. The second kappa shape index (κ2) is 6.11. The van der Waals surface area contributed by atoms with Gasteiger partial charge in [0.25, 0.3) is 5.56 Å². The van der Waals surface area contributed by atoms with Gasteiger partial charge < -0.3 is 19.4 Å². The van der Waals surface area contributed by atoms with Crippen molar-refractivity contribution in [1.82, 2.24) is 18.7 Å². The van der Waals surface area contributed by atoms with Crippen LogP contribution in [0.4, 0.5) is 11.6 Å². The number of benzene rings is 1. The number of carboxylic acids is 1. The Labute approximate surface area is 153 Å². The van der Waals surface area contributed by atoms with Crippen molar-refractivity contribution in [3.05, 3.63) is 51.2 Å². The van der Waals surface area contributed by atoms with E-state index in [1.165, 1.54) is 11.6 Å². The lowest BCUT2D eigenvalue weighted by molar-refractivity contribution is -0.306. The molecule has 1 aliphatic rings. The van der Waals surface area contributed by atoms with E-state index in [4.69, 9.17) is 0 Å². The summed E-state index contributed by atoms with van der Waals surface area (Å²) in [5, 5.41) is 11.0. The molecule has 0 aliphatic carbocycles. The number of carbonyl (C=O) groups excluding carboxylic acids is 1. The number of carbonyl (C=O) groups is 1. The largest absolute Gasteiger partial charge is 0.548 e. The third-order valence-electron chi connectivity index (χ3n) is 4.80. The van der Waals surface area contributed by atoms with Crippen molar-refractivity contribution >= 4 is 28.8 Å². The minimum absolute atomic E-state index is 0.223. The van der Waals surface area contributed by atoms with Gasteiger partial charge in [0.2, 0.25) is 5.95 Å². The number of aliphatic carboxylic acids is 1. The molecule has 1 aromatic carbocycles. The number of aryl methyl sites for hydroxylation is 1. The molecule has 0 spiro atoms. The molecule has 1 aliphatic heterocycles. The molecule has 3 heterocycles. The van der Waals surface area contributed by atoms with Crippen LogP contribution in [0.3, 0.4) is 0 Å². The zero-order chi connectivity index (χ0) is 19.3. The van der Waals surface area contributed by atoms with Crippen LogP contribution in [0, 0.1) is 5.92 Å². The molecule has 0 bridgehead atoms. The average molecular weight is 368 g/mol. The van der Waals surface area contributed by atoms with Crippen molar-refractivity contribution in [2.45, 2.75) is 20.0 Å². The van der Waals surface area contributed by atoms with Crippen molar-refractivity contribution in [2.24, 2.45) is 13.0 Å². The maximum absolute atomic E-state index is 12.9. The van der Waals surface area contributed by atoms with Gasteiger partial charge in [-0.25, -0.2) is 4.79 Å². The van der Waals surface area contributed by atoms with Crippen LogP contribution in [0.15, 0.2) is 39.9 Å². The number of hydrogen-bond donors (Lipinski definition) is 0. The fourth-order valence-corrected chi connectivity index (χ4v) is 3.60. The number of anilines is 2. The van der Waals surface area contributed by atoms with Crippen LogP contribution < -0.4 is 21.3 Å². The third kappa shape index (κ3) is 2.62. The van der Waals surface area contributed by atoms with E-state index < -0.39 is 23.8 Å². The van der Waals surface area contributed by atoms with Crippen molar-refractivity contribution in [2.75, 3.05) is 11.4 Å². The molecule has 2 aromatic heterocycles. The maximum Gasteiger partial charge on any atom is 0.332 e. The summed E-state index contributed by atoms with van der Waals surface area (Å²) < 4.78 is 3.65. The highest BCUT2D eigenvalue weighted by atomic mass is 16.4. The predicted molar refractivity (Wildman–Crippen MR) is 96.9 cm³/mol. The monoisotopic (exact) mass is 368 g/mol. The smallest absolute Gasteiger partial charge is 0.332 e. The van der Waals surface area contributed by atoms with Gasteiger partial charge in [-0.15, -0.1) is 0 Å². The lowest BCUT2D eigenvalue weighted by Crippen LogP contribution is -2.44. The first-order chi connectivity index (χ1) is 12.9. The molecule has 9 nitrogen and oxygen atoms in total. The fraction of sp³-hybridized carbons (Fsp3) is 0.333. The SMILES string of the molecule is C[C@@H]1CN(c2ccccc2)c2nc3c(c(=O)n(CC(=O)[O-])c(=O)n3C)n2C1. The molecule has 3 aromatic rings. The molecular formula is C18H18N5O4-. The molecule has 4 rings (SSSR count). The molecule has 0 fully saturated rings. The number of carboxylic acid groups (broad SMARTS) is 1. The summed E-state index contributed by atoms with van der Waals surface area (Å²) in [6, 6.07) is 9.67. The van der Waals surface area contributed by atoms with E-state index in [9.17, 15) is 19.5 Å². The highest BCUT2D eigenvalue weighted by molar-refractivity contribution is 5.77. The standard InChI is InChI=1S/C18H19N5O4/c1-11-8-21(12-6-4-3-5-7-12)17-19-15-14(22(17)9-11)16(26)23(10-13(24)25)18(27)20(15)2/h3-7,11H,8-10H2,1-2H3,(H,24,25)/p-1/t11-/m1/s1. The molecule has 1 atom stereocenters. The van der Waals surface area contributed by atoms with E-state index in [0.29, 0.717) is 23.6 Å². The third-order valence-corrected chi connectivity index (χ3v) is 4.80. The molecule has 0 amide bonds. The van der Waals surface area contributed by atoms with E-state index in [1.807, 2.05) is 35.2 Å². The molecule has 0 radical (unpaired) electrons. The van der Waals surface area contributed by atoms with Gasteiger partial charge >= 0.3 is 5.69 Å². The Hall–Kier alpha value is -3.36. The summed E-state index contributed by atoms with van der Waals surface area (Å²) in [5.74, 6) is -0.708. The molecule has 0 saturated heterocycles. The summed E-state index contributed by atoms with van der Waals surface area (Å²) in [5.41, 5.74) is -0.00394. The van der Waals surface area contributed by atoms with E-state index in [-0.39, 0.29) is 17.1 Å². The number of fused-ring (bicyclic) bond motifs is 3. The average Bonchev–Trinajstić information content (AvgIpc) is 3.03. The van der Waals surface area contributed by atoms with Crippen LogP contribution in [0.5, 0.6) is 0 Å². The summed E-state index contributed by atoms with van der Waals surface area (Å²) >= 11 is 0. The zero-order valence-electron chi connectivity index (χ0n) is 15.0. The van der Waals surface area contributed by atoms with E-state index in [1.54, 1.807) is 4.57 Å². The maximum atomic E-state index is 12.9. The van der Waals surface area contributed by atoms with Gasteiger partial charge in [0.1, 0.15) is 0 Å². The highest BCUT2D eigenvalue weighted by Crippen LogP contribution is 2.32. The lowest BCUT2D eigenvalue weighted by Gasteiger charge is -2.32. The van der Waals surface area contributed by atoms with Gasteiger partial charge in [-0.2, -0.15) is 4.98 Å². The van der Waals surface area contributed by atoms with Gasteiger partial charge in [-0.3, -0.25) is 13.9 Å².